The van der Waals surface area contributed by atoms with Crippen LogP contribution in [0.2, 0.25) is 0 Å². The second kappa shape index (κ2) is 8.33. The quantitative estimate of drug-likeness (QED) is 0.586. The molecule has 0 bridgehead atoms. The van der Waals surface area contributed by atoms with Gasteiger partial charge in [0.15, 0.2) is 11.5 Å². The number of hydrogen-bond donors (Lipinski definition) is 0. The molecule has 0 spiro atoms. The fraction of sp³-hybridized carbons (Fsp3) is 0.300. The minimum absolute atomic E-state index is 0.553. The van der Waals surface area contributed by atoms with Gasteiger partial charge in [0.2, 0.25) is 5.75 Å². The topological polar surface area (TPSA) is 52.4 Å². The first-order valence-corrected chi connectivity index (χ1v) is 7.95. The number of hydrogen-bond acceptors (Lipinski definition) is 5. The molecule has 0 saturated carbocycles. The Bertz CT molecular complexity index is 786. The minimum Gasteiger partial charge on any atom is -0.493 e. The van der Waals surface area contributed by atoms with Crippen molar-refractivity contribution in [3.63, 3.8) is 0 Å². The average molecular weight is 340 g/mol. The lowest BCUT2D eigenvalue weighted by Crippen LogP contribution is -1.98. The Hall–Kier alpha value is -2.82. The second-order valence-electron chi connectivity index (χ2n) is 5.71. The zero-order valence-electron chi connectivity index (χ0n) is 15.6. The van der Waals surface area contributed by atoms with E-state index in [1.807, 2.05) is 19.1 Å². The van der Waals surface area contributed by atoms with Crippen LogP contribution in [0.3, 0.4) is 0 Å². The summed E-state index contributed by atoms with van der Waals surface area (Å²) >= 11 is 0. The van der Waals surface area contributed by atoms with Crippen LogP contribution in [0.1, 0.15) is 29.2 Å². The highest BCUT2D eigenvalue weighted by molar-refractivity contribution is 6.00. The van der Waals surface area contributed by atoms with Gasteiger partial charge < -0.3 is 14.2 Å². The molecule has 0 aromatic heterocycles. The summed E-state index contributed by atoms with van der Waals surface area (Å²) in [5, 5.41) is 8.51. The Kier molecular flexibility index (Phi) is 6.17. The third kappa shape index (κ3) is 4.38. The van der Waals surface area contributed by atoms with Crippen LogP contribution in [-0.2, 0) is 0 Å². The third-order valence-corrected chi connectivity index (χ3v) is 3.87. The number of aryl methyl sites for hydroxylation is 2. The number of ether oxygens (including phenoxy) is 3. The van der Waals surface area contributed by atoms with Gasteiger partial charge in [-0.1, -0.05) is 23.8 Å². The van der Waals surface area contributed by atoms with E-state index in [1.54, 1.807) is 27.5 Å². The monoisotopic (exact) mass is 340 g/mol. The average Bonchev–Trinajstić information content (AvgIpc) is 2.60. The Morgan fingerprint density at radius 1 is 0.920 bits per heavy atom. The van der Waals surface area contributed by atoms with Crippen LogP contribution >= 0.6 is 0 Å². The zero-order valence-corrected chi connectivity index (χ0v) is 15.6. The predicted molar refractivity (Wildman–Crippen MR) is 102 cm³/mol. The Balaban J connectivity index is 2.29. The van der Waals surface area contributed by atoms with Gasteiger partial charge in [0, 0.05) is 11.1 Å². The van der Waals surface area contributed by atoms with E-state index in [9.17, 15) is 0 Å². The summed E-state index contributed by atoms with van der Waals surface area (Å²) in [7, 11) is 4.74. The lowest BCUT2D eigenvalue weighted by atomic mass is 10.0. The molecular weight excluding hydrogens is 316 g/mol. The van der Waals surface area contributed by atoms with E-state index >= 15 is 0 Å². The highest BCUT2D eigenvalue weighted by Gasteiger charge is 2.12. The molecule has 0 saturated heterocycles. The largest absolute Gasteiger partial charge is 0.493 e. The van der Waals surface area contributed by atoms with Crippen LogP contribution < -0.4 is 14.2 Å². The molecular formula is C20H24N2O3. The van der Waals surface area contributed by atoms with E-state index in [0.717, 1.165) is 16.8 Å². The molecule has 0 fully saturated rings. The van der Waals surface area contributed by atoms with Crippen molar-refractivity contribution in [3.8, 4) is 17.2 Å². The summed E-state index contributed by atoms with van der Waals surface area (Å²) in [6.07, 6.45) is 1.66. The van der Waals surface area contributed by atoms with Gasteiger partial charge in [-0.25, -0.2) is 0 Å². The van der Waals surface area contributed by atoms with Crippen molar-refractivity contribution in [2.24, 2.45) is 10.2 Å². The second-order valence-corrected chi connectivity index (χ2v) is 5.71. The van der Waals surface area contributed by atoms with E-state index < -0.39 is 0 Å². The van der Waals surface area contributed by atoms with Crippen molar-refractivity contribution in [1.82, 2.24) is 0 Å². The van der Waals surface area contributed by atoms with Crippen LogP contribution in [0.4, 0.5) is 0 Å². The van der Waals surface area contributed by atoms with Gasteiger partial charge >= 0.3 is 0 Å². The van der Waals surface area contributed by atoms with Gasteiger partial charge in [0.05, 0.1) is 33.3 Å². The normalized spacial score (nSPS) is 11.7. The molecule has 5 nitrogen and oxygen atoms in total. The van der Waals surface area contributed by atoms with Gasteiger partial charge in [-0.15, -0.1) is 0 Å². The molecule has 0 radical (unpaired) electrons. The Morgan fingerprint density at radius 3 is 2.08 bits per heavy atom. The maximum Gasteiger partial charge on any atom is 0.203 e. The van der Waals surface area contributed by atoms with Crippen LogP contribution in [0.5, 0.6) is 17.2 Å². The number of methoxy groups -OCH3 is 3. The summed E-state index contributed by atoms with van der Waals surface area (Å²) in [5.74, 6) is 1.72. The molecule has 0 atom stereocenters. The molecule has 132 valence electrons. The van der Waals surface area contributed by atoms with Gasteiger partial charge in [0.1, 0.15) is 0 Å². The van der Waals surface area contributed by atoms with Crippen LogP contribution in [0, 0.1) is 13.8 Å². The highest BCUT2D eigenvalue weighted by Crippen LogP contribution is 2.37. The molecule has 0 aliphatic carbocycles. The van der Waals surface area contributed by atoms with E-state index in [4.69, 9.17) is 14.2 Å². The molecule has 0 unspecified atom stereocenters. The molecule has 2 aromatic rings. The summed E-state index contributed by atoms with van der Waals surface area (Å²) in [4.78, 5) is 0. The highest BCUT2D eigenvalue weighted by atomic mass is 16.5. The van der Waals surface area contributed by atoms with Crippen LogP contribution in [0.15, 0.2) is 40.5 Å². The van der Waals surface area contributed by atoms with Crippen molar-refractivity contribution in [2.75, 3.05) is 21.3 Å². The van der Waals surface area contributed by atoms with E-state index in [2.05, 4.69) is 42.2 Å². The van der Waals surface area contributed by atoms with Crippen molar-refractivity contribution < 1.29 is 14.2 Å². The molecule has 5 heteroatoms. The minimum atomic E-state index is 0.553. The lowest BCUT2D eigenvalue weighted by molar-refractivity contribution is 0.324. The summed E-state index contributed by atoms with van der Waals surface area (Å²) in [6.45, 7) is 6.10. The molecule has 25 heavy (non-hydrogen) atoms. The first-order valence-electron chi connectivity index (χ1n) is 7.95. The first kappa shape index (κ1) is 18.5. The van der Waals surface area contributed by atoms with E-state index in [-0.39, 0.29) is 0 Å². The number of benzene rings is 2. The van der Waals surface area contributed by atoms with Crippen molar-refractivity contribution >= 4 is 11.9 Å². The summed E-state index contributed by atoms with van der Waals surface area (Å²) < 4.78 is 16.0. The van der Waals surface area contributed by atoms with Crippen molar-refractivity contribution in [2.45, 2.75) is 20.8 Å². The van der Waals surface area contributed by atoms with Gasteiger partial charge in [-0.05, 0) is 38.5 Å². The molecule has 0 N–H and O–H groups in total. The smallest absolute Gasteiger partial charge is 0.203 e. The maximum atomic E-state index is 5.34. The lowest BCUT2D eigenvalue weighted by Gasteiger charge is -2.12. The summed E-state index contributed by atoms with van der Waals surface area (Å²) in [5.41, 5.74) is 5.18. The zero-order chi connectivity index (χ0) is 18.4. The van der Waals surface area contributed by atoms with Crippen molar-refractivity contribution in [1.29, 1.82) is 0 Å². The summed E-state index contributed by atoms with van der Waals surface area (Å²) in [6, 6.07) is 9.93. The SMILES string of the molecule is COc1cc(/C=N\N=C(/C)c2ccc(C)cc2C)cc(OC)c1OC. The number of nitrogens with zero attached hydrogens (tertiary/aromatic N) is 2. The van der Waals surface area contributed by atoms with Crippen molar-refractivity contribution in [3.05, 3.63) is 52.6 Å². The van der Waals surface area contributed by atoms with Crippen LogP contribution in [0.25, 0.3) is 0 Å². The molecule has 2 aromatic carbocycles. The van der Waals surface area contributed by atoms with E-state index in [0.29, 0.717) is 17.2 Å². The first-order chi connectivity index (χ1) is 12.0. The number of rotatable bonds is 6. The Morgan fingerprint density at radius 2 is 1.56 bits per heavy atom. The Labute approximate surface area is 149 Å². The molecule has 0 aliphatic rings. The standard InChI is InChI=1S/C20H24N2O3/c1-13-7-8-17(14(2)9-13)15(3)22-21-12-16-10-18(23-4)20(25-6)19(11-16)24-5/h7-12H,1-6H3/b21-12-,22-15+. The maximum absolute atomic E-state index is 5.34. The molecule has 0 heterocycles. The van der Waals surface area contributed by atoms with Crippen LogP contribution in [-0.4, -0.2) is 33.3 Å². The fourth-order valence-electron chi connectivity index (χ4n) is 2.63. The predicted octanol–water partition coefficient (Wildman–Crippen LogP) is 4.17. The van der Waals surface area contributed by atoms with Gasteiger partial charge in [0.25, 0.3) is 0 Å². The third-order valence-electron chi connectivity index (χ3n) is 3.87. The van der Waals surface area contributed by atoms with Gasteiger partial charge in [-0.3, -0.25) is 0 Å². The molecule has 0 amide bonds. The molecule has 0 aliphatic heterocycles. The molecule has 2 rings (SSSR count). The van der Waals surface area contributed by atoms with E-state index in [1.165, 1.54) is 11.1 Å². The van der Waals surface area contributed by atoms with Gasteiger partial charge in [-0.2, -0.15) is 10.2 Å². The fourth-order valence-corrected chi connectivity index (χ4v) is 2.63.